The van der Waals surface area contributed by atoms with Crippen LogP contribution >= 0.6 is 0 Å². The summed E-state index contributed by atoms with van der Waals surface area (Å²) < 4.78 is 15.9. The van der Waals surface area contributed by atoms with E-state index >= 15 is 0 Å². The van der Waals surface area contributed by atoms with Crippen LogP contribution in [0.3, 0.4) is 0 Å². The quantitative estimate of drug-likeness (QED) is 0.597. The number of carbonyl (C=O) groups is 1. The predicted molar refractivity (Wildman–Crippen MR) is 91.8 cm³/mol. The number of amides is 1. The third-order valence-electron chi connectivity index (χ3n) is 3.04. The van der Waals surface area contributed by atoms with Gasteiger partial charge in [0, 0.05) is 5.56 Å². The highest BCUT2D eigenvalue weighted by atomic mass is 16.5. The smallest absolute Gasteiger partial charge is 0.277 e. The van der Waals surface area contributed by atoms with Gasteiger partial charge in [0.05, 0.1) is 19.9 Å². The highest BCUT2D eigenvalue weighted by Crippen LogP contribution is 2.17. The Labute approximate surface area is 141 Å². The SMILES string of the molecule is CCOc1ccccc1/C=N/NC(=O)COc1ccc(OC)cc1. The molecule has 0 aromatic heterocycles. The molecule has 0 atom stereocenters. The molecule has 0 heterocycles. The fraction of sp³-hybridized carbons (Fsp3) is 0.222. The summed E-state index contributed by atoms with van der Waals surface area (Å²) in [6.07, 6.45) is 1.54. The maximum Gasteiger partial charge on any atom is 0.277 e. The summed E-state index contributed by atoms with van der Waals surface area (Å²) in [5, 5.41) is 3.92. The van der Waals surface area contributed by atoms with Crippen molar-refractivity contribution in [2.45, 2.75) is 6.92 Å². The van der Waals surface area contributed by atoms with E-state index in [1.807, 2.05) is 31.2 Å². The van der Waals surface area contributed by atoms with E-state index in [0.29, 0.717) is 18.1 Å². The van der Waals surface area contributed by atoms with Gasteiger partial charge in [-0.1, -0.05) is 12.1 Å². The lowest BCUT2D eigenvalue weighted by molar-refractivity contribution is -0.123. The number of benzene rings is 2. The van der Waals surface area contributed by atoms with Crippen molar-refractivity contribution in [2.24, 2.45) is 5.10 Å². The van der Waals surface area contributed by atoms with Crippen molar-refractivity contribution in [1.82, 2.24) is 5.43 Å². The van der Waals surface area contributed by atoms with Gasteiger partial charge in [0.1, 0.15) is 17.2 Å². The molecule has 1 N–H and O–H groups in total. The number of para-hydroxylation sites is 1. The first-order valence-electron chi connectivity index (χ1n) is 7.53. The first-order valence-corrected chi connectivity index (χ1v) is 7.53. The van der Waals surface area contributed by atoms with Crippen molar-refractivity contribution in [3.63, 3.8) is 0 Å². The predicted octanol–water partition coefficient (Wildman–Crippen LogP) is 2.62. The number of hydrogen-bond donors (Lipinski definition) is 1. The topological polar surface area (TPSA) is 69.2 Å². The molecule has 24 heavy (non-hydrogen) atoms. The number of methoxy groups -OCH3 is 1. The molecule has 0 aliphatic carbocycles. The standard InChI is InChI=1S/C18H20N2O4/c1-3-23-17-7-5-4-6-14(17)12-19-20-18(21)13-24-16-10-8-15(22-2)9-11-16/h4-12H,3,13H2,1-2H3,(H,20,21)/b19-12+. The fourth-order valence-corrected chi connectivity index (χ4v) is 1.90. The lowest BCUT2D eigenvalue weighted by Gasteiger charge is -2.07. The minimum absolute atomic E-state index is 0.128. The van der Waals surface area contributed by atoms with Crippen LogP contribution in [0.4, 0.5) is 0 Å². The van der Waals surface area contributed by atoms with Crippen LogP contribution in [0.2, 0.25) is 0 Å². The Hall–Kier alpha value is -3.02. The molecule has 0 bridgehead atoms. The van der Waals surface area contributed by atoms with Crippen LogP contribution in [0.1, 0.15) is 12.5 Å². The van der Waals surface area contributed by atoms with Gasteiger partial charge in [0.2, 0.25) is 0 Å². The van der Waals surface area contributed by atoms with Gasteiger partial charge in [-0.25, -0.2) is 5.43 Å². The second kappa shape index (κ2) is 9.19. The van der Waals surface area contributed by atoms with E-state index in [0.717, 1.165) is 11.3 Å². The minimum atomic E-state index is -0.351. The first kappa shape index (κ1) is 17.3. The summed E-state index contributed by atoms with van der Waals surface area (Å²) in [5.74, 6) is 1.67. The molecule has 0 aliphatic heterocycles. The lowest BCUT2D eigenvalue weighted by Crippen LogP contribution is -2.24. The Morgan fingerprint density at radius 3 is 2.50 bits per heavy atom. The highest BCUT2D eigenvalue weighted by Gasteiger charge is 2.03. The van der Waals surface area contributed by atoms with Crippen LogP contribution in [0.5, 0.6) is 17.2 Å². The monoisotopic (exact) mass is 328 g/mol. The van der Waals surface area contributed by atoms with Gasteiger partial charge in [-0.15, -0.1) is 0 Å². The summed E-state index contributed by atoms with van der Waals surface area (Å²) in [4.78, 5) is 11.7. The van der Waals surface area contributed by atoms with Gasteiger partial charge < -0.3 is 14.2 Å². The van der Waals surface area contributed by atoms with Crippen LogP contribution in [0.25, 0.3) is 0 Å². The molecule has 0 spiro atoms. The van der Waals surface area contributed by atoms with Crippen LogP contribution in [0, 0.1) is 0 Å². The Morgan fingerprint density at radius 2 is 1.79 bits per heavy atom. The number of carbonyl (C=O) groups excluding carboxylic acids is 1. The molecule has 0 saturated heterocycles. The Bertz CT molecular complexity index is 684. The Kier molecular flexibility index (Phi) is 6.64. The zero-order valence-corrected chi connectivity index (χ0v) is 13.7. The zero-order chi connectivity index (χ0) is 17.2. The summed E-state index contributed by atoms with van der Waals surface area (Å²) >= 11 is 0. The van der Waals surface area contributed by atoms with Crippen LogP contribution < -0.4 is 19.6 Å². The van der Waals surface area contributed by atoms with E-state index in [4.69, 9.17) is 14.2 Å². The van der Waals surface area contributed by atoms with Crippen molar-refractivity contribution in [3.05, 3.63) is 54.1 Å². The summed E-state index contributed by atoms with van der Waals surface area (Å²) in [6.45, 7) is 2.34. The number of rotatable bonds is 8. The average molecular weight is 328 g/mol. The van der Waals surface area contributed by atoms with E-state index in [1.54, 1.807) is 31.4 Å². The minimum Gasteiger partial charge on any atom is -0.497 e. The van der Waals surface area contributed by atoms with E-state index in [2.05, 4.69) is 10.5 Å². The average Bonchev–Trinajstić information content (AvgIpc) is 2.62. The number of ether oxygens (including phenoxy) is 3. The normalized spacial score (nSPS) is 10.4. The molecule has 0 radical (unpaired) electrons. The highest BCUT2D eigenvalue weighted by molar-refractivity contribution is 5.85. The molecule has 0 unspecified atom stereocenters. The van der Waals surface area contributed by atoms with E-state index in [9.17, 15) is 4.79 Å². The Morgan fingerprint density at radius 1 is 1.08 bits per heavy atom. The molecule has 6 nitrogen and oxygen atoms in total. The molecule has 2 aromatic rings. The van der Waals surface area contributed by atoms with Crippen molar-refractivity contribution < 1.29 is 19.0 Å². The second-order valence-corrected chi connectivity index (χ2v) is 4.73. The molecule has 1 amide bonds. The van der Waals surface area contributed by atoms with E-state index < -0.39 is 0 Å². The van der Waals surface area contributed by atoms with Gasteiger partial charge >= 0.3 is 0 Å². The van der Waals surface area contributed by atoms with Gasteiger partial charge in [-0.2, -0.15) is 5.10 Å². The molecule has 2 aromatic carbocycles. The molecule has 2 rings (SSSR count). The third-order valence-corrected chi connectivity index (χ3v) is 3.04. The van der Waals surface area contributed by atoms with Crippen molar-refractivity contribution >= 4 is 12.1 Å². The van der Waals surface area contributed by atoms with Crippen molar-refractivity contribution in [1.29, 1.82) is 0 Å². The number of hydrazone groups is 1. The second-order valence-electron chi connectivity index (χ2n) is 4.73. The van der Waals surface area contributed by atoms with Gasteiger partial charge in [0.15, 0.2) is 6.61 Å². The molecule has 0 aliphatic rings. The number of nitrogens with one attached hydrogen (secondary N) is 1. The van der Waals surface area contributed by atoms with Crippen LogP contribution in [0.15, 0.2) is 53.6 Å². The molecule has 0 fully saturated rings. The molecular weight excluding hydrogens is 308 g/mol. The fourth-order valence-electron chi connectivity index (χ4n) is 1.90. The van der Waals surface area contributed by atoms with E-state index in [1.165, 1.54) is 6.21 Å². The van der Waals surface area contributed by atoms with Crippen molar-refractivity contribution in [3.8, 4) is 17.2 Å². The van der Waals surface area contributed by atoms with Gasteiger partial charge in [-0.05, 0) is 43.3 Å². The number of nitrogens with zero attached hydrogens (tertiary/aromatic N) is 1. The third kappa shape index (κ3) is 5.31. The zero-order valence-electron chi connectivity index (χ0n) is 13.7. The summed E-state index contributed by atoms with van der Waals surface area (Å²) in [6, 6.07) is 14.4. The van der Waals surface area contributed by atoms with Crippen molar-refractivity contribution in [2.75, 3.05) is 20.3 Å². The summed E-state index contributed by atoms with van der Waals surface area (Å²) in [5.41, 5.74) is 3.21. The number of hydrogen-bond acceptors (Lipinski definition) is 5. The maximum atomic E-state index is 11.7. The molecular formula is C18H20N2O4. The van der Waals surface area contributed by atoms with E-state index in [-0.39, 0.29) is 12.5 Å². The largest absolute Gasteiger partial charge is 0.497 e. The molecule has 0 saturated carbocycles. The molecule has 6 heteroatoms. The Balaban J connectivity index is 1.82. The maximum absolute atomic E-state index is 11.7. The van der Waals surface area contributed by atoms with Crippen LogP contribution in [-0.2, 0) is 4.79 Å². The first-order chi connectivity index (χ1) is 11.7. The molecule has 126 valence electrons. The van der Waals surface area contributed by atoms with Gasteiger partial charge in [-0.3, -0.25) is 4.79 Å². The lowest BCUT2D eigenvalue weighted by atomic mass is 10.2. The van der Waals surface area contributed by atoms with Crippen LogP contribution in [-0.4, -0.2) is 32.4 Å². The van der Waals surface area contributed by atoms with Gasteiger partial charge in [0.25, 0.3) is 5.91 Å². The summed E-state index contributed by atoms with van der Waals surface area (Å²) in [7, 11) is 1.59.